The highest BCUT2D eigenvalue weighted by molar-refractivity contribution is 8.07. The summed E-state index contributed by atoms with van der Waals surface area (Å²) in [6.07, 6.45) is -15.0. The molecule has 3 rings (SSSR count). The molecule has 3 aliphatic heterocycles. The van der Waals surface area contributed by atoms with Crippen molar-refractivity contribution >= 4 is 59.9 Å². The van der Waals surface area contributed by atoms with Crippen LogP contribution in [0, 0.1) is 0 Å². The van der Waals surface area contributed by atoms with Crippen molar-refractivity contribution in [2.24, 2.45) is 0 Å². The lowest BCUT2D eigenvalue weighted by atomic mass is 9.97. The largest absolute Gasteiger partial charge is 0.394 e. The zero-order chi connectivity index (χ0) is 70.7. The predicted octanol–water partition coefficient (Wildman–Crippen LogP) is -6.82. The molecule has 16 N–H and O–H groups in total. The van der Waals surface area contributed by atoms with Gasteiger partial charge in [-0.15, -0.1) is 0 Å². The maximum atomic E-state index is 14.0. The number of nitrogens with one attached hydrogen (secondary N) is 6. The Morgan fingerprint density at radius 3 is 1.16 bits per heavy atom. The summed E-state index contributed by atoms with van der Waals surface area (Å²) >= 11 is 5.12. The predicted molar refractivity (Wildman–Crippen MR) is 334 cm³/mol. The van der Waals surface area contributed by atoms with Crippen LogP contribution in [0.2, 0.25) is 0 Å². The zero-order valence-corrected chi connectivity index (χ0v) is 56.7. The fraction of sp³-hybridized carbons (Fsp3) is 0.877. The third kappa shape index (κ3) is 33.7. The van der Waals surface area contributed by atoms with Crippen LogP contribution in [-0.2, 0) is 97.0 Å². The lowest BCUT2D eigenvalue weighted by Crippen LogP contribution is -2.64. The van der Waals surface area contributed by atoms with E-state index in [9.17, 15) is 84.4 Å². The molecule has 552 valence electrons. The Kier molecular flexibility index (Phi) is 41.0. The van der Waals surface area contributed by atoms with Gasteiger partial charge in [-0.3, -0.25) is 33.6 Å². The first-order valence-electron chi connectivity index (χ1n) is 31.8. The zero-order valence-electron chi connectivity index (χ0n) is 55.0. The van der Waals surface area contributed by atoms with Gasteiger partial charge in [0.2, 0.25) is 41.4 Å². The Labute approximate surface area is 558 Å². The van der Waals surface area contributed by atoms with Gasteiger partial charge >= 0.3 is 6.72 Å². The van der Waals surface area contributed by atoms with Crippen LogP contribution in [0.15, 0.2) is 0 Å². The monoisotopic (exact) mass is 1410 g/mol. The molecule has 0 aromatic carbocycles. The first-order chi connectivity index (χ1) is 45.0. The smallest absolute Gasteiger partial charge is 0.325 e. The number of aliphatic hydroxyl groups is 9. The van der Waals surface area contributed by atoms with Crippen molar-refractivity contribution in [2.75, 3.05) is 138 Å². The number of carbonyl (C=O) groups excluding carboxylic acids is 7. The van der Waals surface area contributed by atoms with Crippen molar-refractivity contribution in [1.29, 1.82) is 0 Å². The maximum absolute atomic E-state index is 14.0. The van der Waals surface area contributed by atoms with E-state index < -0.39 is 148 Å². The summed E-state index contributed by atoms with van der Waals surface area (Å²) in [4.78, 5) is 103. The third-order valence-electron chi connectivity index (χ3n) is 14.6. The van der Waals surface area contributed by atoms with Gasteiger partial charge in [-0.25, -0.2) is 0 Å². The summed E-state index contributed by atoms with van der Waals surface area (Å²) in [5, 5.41) is 107. The molecule has 0 saturated carbocycles. The molecule has 38 heteroatoms. The molecule has 16 atom stereocenters. The maximum Gasteiger partial charge on any atom is 0.325 e. The number of hydrogen-bond acceptors (Lipinski definition) is 29. The van der Waals surface area contributed by atoms with Crippen LogP contribution in [0.5, 0.6) is 0 Å². The number of rotatable bonds is 47. The normalized spacial score (nSPS) is 26.9. The second-order valence-electron chi connectivity index (χ2n) is 23.6. The van der Waals surface area contributed by atoms with E-state index in [0.29, 0.717) is 19.3 Å². The highest BCUT2D eigenvalue weighted by atomic mass is 32.5. The Bertz CT molecular complexity index is 2250. The summed E-state index contributed by atoms with van der Waals surface area (Å²) in [6, 6.07) is -3.43. The molecule has 3 saturated heterocycles. The molecule has 3 heterocycles. The van der Waals surface area contributed by atoms with Crippen molar-refractivity contribution < 1.29 is 136 Å². The molecule has 0 aromatic heterocycles. The number of nitrogens with zero attached hydrogens (tertiary/aromatic N) is 2. The minimum atomic E-state index is -3.51. The van der Waals surface area contributed by atoms with Gasteiger partial charge < -0.3 is 144 Å². The highest BCUT2D eigenvalue weighted by Gasteiger charge is 2.48. The van der Waals surface area contributed by atoms with Crippen LogP contribution in [-0.4, -0.2) is 338 Å². The van der Waals surface area contributed by atoms with Gasteiger partial charge in [-0.1, -0.05) is 6.42 Å². The number of amides is 7. The van der Waals surface area contributed by atoms with E-state index in [4.69, 9.17) is 63.5 Å². The van der Waals surface area contributed by atoms with Crippen molar-refractivity contribution in [3.63, 3.8) is 0 Å². The summed E-state index contributed by atoms with van der Waals surface area (Å²) in [6.45, 7) is 3.99. The Balaban J connectivity index is 1.62. The van der Waals surface area contributed by atoms with Gasteiger partial charge in [0, 0.05) is 98.8 Å². The molecular formula is C57H105N8O28PS. The molecule has 0 bridgehead atoms. The van der Waals surface area contributed by atoms with Crippen molar-refractivity contribution in [3.05, 3.63) is 0 Å². The average molecular weight is 1410 g/mol. The Morgan fingerprint density at radius 1 is 0.463 bits per heavy atom. The van der Waals surface area contributed by atoms with Gasteiger partial charge in [0.15, 0.2) is 18.9 Å². The summed E-state index contributed by atoms with van der Waals surface area (Å²) in [5.74, 6) is -3.02. The van der Waals surface area contributed by atoms with Crippen LogP contribution in [0.3, 0.4) is 0 Å². The number of hydrogen-bond donors (Lipinski definition) is 16. The van der Waals surface area contributed by atoms with Crippen LogP contribution >= 0.6 is 6.72 Å². The number of aliphatic hydroxyl groups excluding tert-OH is 9. The molecular weight excluding hydrogens is 1310 g/mol. The first-order valence-corrected chi connectivity index (χ1v) is 34.3. The first kappa shape index (κ1) is 85.3. The topological polar surface area (TPSA) is 502 Å². The second kappa shape index (κ2) is 45.7. The molecule has 0 spiro atoms. The molecule has 0 aliphatic carbocycles. The molecule has 36 nitrogen and oxygen atoms in total. The molecule has 95 heavy (non-hydrogen) atoms. The molecule has 16 unspecified atom stereocenters. The third-order valence-corrected chi connectivity index (χ3v) is 16.5. The van der Waals surface area contributed by atoms with Crippen LogP contribution in [0.25, 0.3) is 0 Å². The SMILES string of the molecule is CC(=O)NC1C(OCCOCCNC(=O)CCN(CCC(=O)NCCOCCOC2OC(CO)C(O)C(O)C2NC(C)=O)CCN(CCC(=O)NCCOCCOC2OC(CO)C(O)C(O)C2NC(C)=O)C(=O)CCCCCOP(O)(=S)OC(C)(C)C)OC(CO)C(O)C1O. The minimum Gasteiger partial charge on any atom is -0.394 e. The van der Waals surface area contributed by atoms with Crippen molar-refractivity contribution in [2.45, 2.75) is 184 Å². The van der Waals surface area contributed by atoms with Gasteiger partial charge in [0.05, 0.1) is 91.5 Å². The summed E-state index contributed by atoms with van der Waals surface area (Å²) < 4.78 is 61.3. The quantitative estimate of drug-likeness (QED) is 0.0199. The molecule has 3 fully saturated rings. The number of ether oxygens (including phenoxy) is 9. The summed E-state index contributed by atoms with van der Waals surface area (Å²) in [5.41, 5.74) is -0.735. The molecule has 7 amide bonds. The van der Waals surface area contributed by atoms with E-state index in [-0.39, 0.29) is 162 Å². The Morgan fingerprint density at radius 2 is 0.821 bits per heavy atom. The fourth-order valence-electron chi connectivity index (χ4n) is 9.85. The van der Waals surface area contributed by atoms with E-state index in [2.05, 4.69) is 31.9 Å². The van der Waals surface area contributed by atoms with E-state index in [0.717, 1.165) is 0 Å². The average Bonchev–Trinajstić information content (AvgIpc) is 0.836. The summed E-state index contributed by atoms with van der Waals surface area (Å²) in [7, 11) is 0. The number of unbranched alkanes of at least 4 members (excludes halogenated alkanes) is 2. The van der Waals surface area contributed by atoms with Crippen LogP contribution in [0.4, 0.5) is 0 Å². The van der Waals surface area contributed by atoms with E-state index in [1.165, 1.54) is 25.7 Å². The van der Waals surface area contributed by atoms with Crippen molar-refractivity contribution in [1.82, 2.24) is 41.7 Å². The fourth-order valence-corrected chi connectivity index (χ4v) is 11.8. The molecule has 0 radical (unpaired) electrons. The van der Waals surface area contributed by atoms with Gasteiger partial charge in [0.25, 0.3) is 0 Å². The van der Waals surface area contributed by atoms with Crippen LogP contribution < -0.4 is 31.9 Å². The van der Waals surface area contributed by atoms with Gasteiger partial charge in [0.1, 0.15) is 73.1 Å². The molecule has 0 aromatic rings. The van der Waals surface area contributed by atoms with E-state index >= 15 is 0 Å². The van der Waals surface area contributed by atoms with Gasteiger partial charge in [-0.2, -0.15) is 0 Å². The van der Waals surface area contributed by atoms with E-state index in [1.54, 1.807) is 20.8 Å². The van der Waals surface area contributed by atoms with E-state index in [1.807, 2.05) is 4.90 Å². The Hall–Kier alpha value is -3.94. The highest BCUT2D eigenvalue weighted by Crippen LogP contribution is 2.47. The molecule has 3 aliphatic rings. The lowest BCUT2D eigenvalue weighted by molar-refractivity contribution is -0.272. The van der Waals surface area contributed by atoms with Gasteiger partial charge in [-0.05, 0) is 45.4 Å². The minimum absolute atomic E-state index is 0.0108. The number of carbonyl (C=O) groups is 7. The van der Waals surface area contributed by atoms with Crippen molar-refractivity contribution in [3.8, 4) is 0 Å². The standard InChI is InChI=1S/C57H105N8O28PS/c1-35(69)61-45-51(79)48(76)38(32-66)90-54(45)86-29-26-83-23-14-58-41(72)11-17-64(18-12-42(73)59-15-24-84-27-30-87-55-46(62-36(2)70)52(80)49(77)39(33-67)91-55)20-21-65(44(75)10-8-7-9-22-89-94(82,95)93-57(4,5)6)19-13-43(74)60-16-25-85-28-31-88-56-47(63-37(3)71)53(81)50(78)40(34-68)92-56/h38-40,45-56,66-68,76-81H,7-34H2,1-6H3,(H,58,72)(H,59,73)(H,60,74)(H,61,69)(H,62,70)(H,63,71)(H,82,95). The second-order valence-corrected chi connectivity index (χ2v) is 26.3. The lowest BCUT2D eigenvalue weighted by Gasteiger charge is -2.42. The van der Waals surface area contributed by atoms with Crippen LogP contribution in [0.1, 0.15) is 86.5 Å².